The Morgan fingerprint density at radius 2 is 1.08 bits per heavy atom. The minimum atomic E-state index is -0.0535. The fourth-order valence-corrected chi connectivity index (χ4v) is 4.53. The monoisotopic (exact) mass is 530 g/mol. The van der Waals surface area contributed by atoms with E-state index in [1.807, 2.05) is 6.92 Å². The molecule has 0 saturated carbocycles. The van der Waals surface area contributed by atoms with E-state index in [2.05, 4.69) is 90.5 Å². The van der Waals surface area contributed by atoms with Gasteiger partial charge in [0.2, 0.25) is 11.8 Å². The topological polar surface area (TPSA) is 58.2 Å². The molecule has 0 unspecified atom stereocenters. The van der Waals surface area contributed by atoms with Crippen molar-refractivity contribution < 1.29 is 9.59 Å². The first-order chi connectivity index (χ1) is 17.7. The van der Waals surface area contributed by atoms with Crippen LogP contribution in [0, 0.1) is 0 Å². The molecule has 0 aliphatic rings. The summed E-state index contributed by atoms with van der Waals surface area (Å²) in [5.74, 6) is 1.75. The van der Waals surface area contributed by atoms with Gasteiger partial charge in [-0.25, -0.2) is 0 Å². The third kappa shape index (κ3) is 28.1. The van der Waals surface area contributed by atoms with Gasteiger partial charge in [0.1, 0.15) is 0 Å². The van der Waals surface area contributed by atoms with Crippen molar-refractivity contribution in [1.29, 1.82) is 0 Å². The van der Waals surface area contributed by atoms with E-state index in [-0.39, 0.29) is 11.8 Å². The maximum atomic E-state index is 11.9. The SMILES string of the molecule is C/C=C/C(=O)NCCSSCCNC(=O)CC/C=C\C/C=C\C/C=C\C/C=C\C/C=C\C/C=C\CC. The van der Waals surface area contributed by atoms with Gasteiger partial charge < -0.3 is 10.6 Å². The smallest absolute Gasteiger partial charge is 0.243 e. The van der Waals surface area contributed by atoms with E-state index in [0.29, 0.717) is 19.5 Å². The quantitative estimate of drug-likeness (QED) is 0.0653. The van der Waals surface area contributed by atoms with Crippen LogP contribution in [0.2, 0.25) is 0 Å². The highest BCUT2D eigenvalue weighted by Gasteiger charge is 1.99. The van der Waals surface area contributed by atoms with Crippen LogP contribution in [-0.4, -0.2) is 36.4 Å². The number of carbonyl (C=O) groups excluding carboxylic acids is 2. The summed E-state index contributed by atoms with van der Waals surface area (Å²) < 4.78 is 0. The second-order valence-corrected chi connectivity index (χ2v) is 10.4. The number of allylic oxidation sites excluding steroid dienone is 13. The molecule has 36 heavy (non-hydrogen) atoms. The molecule has 0 saturated heterocycles. The van der Waals surface area contributed by atoms with E-state index in [1.54, 1.807) is 27.7 Å². The van der Waals surface area contributed by atoms with Crippen molar-refractivity contribution in [3.63, 3.8) is 0 Å². The molecule has 0 aromatic rings. The Hall–Kier alpha value is -2.18. The number of nitrogens with one attached hydrogen (secondary N) is 2. The average molecular weight is 531 g/mol. The van der Waals surface area contributed by atoms with Gasteiger partial charge in [0.25, 0.3) is 0 Å². The van der Waals surface area contributed by atoms with Crippen LogP contribution in [0.4, 0.5) is 0 Å². The summed E-state index contributed by atoms with van der Waals surface area (Å²) >= 11 is 0. The van der Waals surface area contributed by atoms with Gasteiger partial charge in [-0.1, -0.05) is 107 Å². The Labute approximate surface area is 228 Å². The third-order valence-electron chi connectivity index (χ3n) is 4.53. The standard InChI is InChI=1S/C30H46N2O2S2/c1-3-5-6-7-8-9-10-11-12-13-14-15-16-17-18-19-20-21-22-24-30(34)32-26-28-36-35-27-25-31-29(33)23-4-2/h4-6,8-9,11-12,14-15,17-18,20-21,23H,3,7,10,13,16,19,22,24-28H2,1-2H3,(H,31,33)(H,32,34)/b6-5-,9-8-,12-11-,15-14-,18-17-,21-20-,23-4+. The van der Waals surface area contributed by atoms with Gasteiger partial charge in [-0.2, -0.15) is 0 Å². The molecule has 200 valence electrons. The summed E-state index contributed by atoms with van der Waals surface area (Å²) in [6, 6.07) is 0. The highest BCUT2D eigenvalue weighted by Crippen LogP contribution is 2.19. The second-order valence-electron chi connectivity index (χ2n) is 7.74. The van der Waals surface area contributed by atoms with Crippen molar-refractivity contribution in [3.05, 3.63) is 85.1 Å². The van der Waals surface area contributed by atoms with Crippen molar-refractivity contribution in [2.45, 2.75) is 65.2 Å². The van der Waals surface area contributed by atoms with E-state index >= 15 is 0 Å². The summed E-state index contributed by atoms with van der Waals surface area (Å²) in [7, 11) is 3.42. The molecule has 0 aliphatic carbocycles. The maximum absolute atomic E-state index is 11.9. The molecule has 0 rings (SSSR count). The second kappa shape index (κ2) is 29.1. The van der Waals surface area contributed by atoms with Crippen LogP contribution in [0.3, 0.4) is 0 Å². The van der Waals surface area contributed by atoms with Gasteiger partial charge in [-0.15, -0.1) is 0 Å². The first-order valence-corrected chi connectivity index (χ1v) is 15.5. The van der Waals surface area contributed by atoms with Crippen molar-refractivity contribution in [1.82, 2.24) is 10.6 Å². The van der Waals surface area contributed by atoms with Crippen LogP contribution < -0.4 is 10.6 Å². The Bertz CT molecular complexity index is 750. The lowest BCUT2D eigenvalue weighted by Crippen LogP contribution is -2.25. The Kier molecular flexibility index (Phi) is 27.3. The van der Waals surface area contributed by atoms with Crippen LogP contribution >= 0.6 is 21.6 Å². The first kappa shape index (κ1) is 33.8. The molecule has 0 aliphatic heterocycles. The minimum absolute atomic E-state index is 0.0535. The van der Waals surface area contributed by atoms with Crippen molar-refractivity contribution in [3.8, 4) is 0 Å². The van der Waals surface area contributed by atoms with Gasteiger partial charge in [0, 0.05) is 31.0 Å². The highest BCUT2D eigenvalue weighted by atomic mass is 33.1. The zero-order valence-corrected chi connectivity index (χ0v) is 23.8. The van der Waals surface area contributed by atoms with Crippen LogP contribution in [0.5, 0.6) is 0 Å². The molecule has 6 heteroatoms. The lowest BCUT2D eigenvalue weighted by atomic mass is 10.2. The zero-order chi connectivity index (χ0) is 26.4. The predicted molar refractivity (Wildman–Crippen MR) is 163 cm³/mol. The van der Waals surface area contributed by atoms with E-state index in [4.69, 9.17) is 0 Å². The molecule has 0 fully saturated rings. The summed E-state index contributed by atoms with van der Waals surface area (Å²) in [4.78, 5) is 23.1. The highest BCUT2D eigenvalue weighted by molar-refractivity contribution is 8.76. The summed E-state index contributed by atoms with van der Waals surface area (Å²) in [6.45, 7) is 5.30. The summed E-state index contributed by atoms with van der Waals surface area (Å²) in [6.07, 6.45) is 36.7. The fraction of sp³-hybridized carbons (Fsp3) is 0.467. The zero-order valence-electron chi connectivity index (χ0n) is 22.2. The molecule has 0 atom stereocenters. The van der Waals surface area contributed by atoms with E-state index < -0.39 is 0 Å². The van der Waals surface area contributed by atoms with Crippen LogP contribution in [0.15, 0.2) is 85.1 Å². The predicted octanol–water partition coefficient (Wildman–Crippen LogP) is 7.65. The van der Waals surface area contributed by atoms with Crippen molar-refractivity contribution in [2.75, 3.05) is 24.6 Å². The third-order valence-corrected chi connectivity index (χ3v) is 6.94. The molecule has 2 amide bonds. The number of hydrogen-bond acceptors (Lipinski definition) is 4. The maximum Gasteiger partial charge on any atom is 0.243 e. The molecule has 4 nitrogen and oxygen atoms in total. The molecule has 2 N–H and O–H groups in total. The first-order valence-electron chi connectivity index (χ1n) is 13.0. The van der Waals surface area contributed by atoms with Gasteiger partial charge in [0.05, 0.1) is 0 Å². The van der Waals surface area contributed by atoms with Crippen molar-refractivity contribution >= 4 is 33.4 Å². The number of rotatable bonds is 22. The minimum Gasteiger partial charge on any atom is -0.355 e. The fourth-order valence-electron chi connectivity index (χ4n) is 2.72. The number of amides is 2. The Balaban J connectivity index is 3.53. The Morgan fingerprint density at radius 3 is 1.56 bits per heavy atom. The Morgan fingerprint density at radius 1 is 0.639 bits per heavy atom. The van der Waals surface area contributed by atoms with Crippen molar-refractivity contribution in [2.24, 2.45) is 0 Å². The van der Waals surface area contributed by atoms with Gasteiger partial charge in [-0.05, 0) is 57.9 Å². The number of carbonyl (C=O) groups is 2. The molecular weight excluding hydrogens is 484 g/mol. The summed E-state index contributed by atoms with van der Waals surface area (Å²) in [5, 5.41) is 5.76. The molecule has 0 radical (unpaired) electrons. The molecule has 0 spiro atoms. The molecule has 0 bridgehead atoms. The largest absolute Gasteiger partial charge is 0.355 e. The lowest BCUT2D eigenvalue weighted by Gasteiger charge is -2.04. The van der Waals surface area contributed by atoms with Crippen LogP contribution in [0.25, 0.3) is 0 Å². The van der Waals surface area contributed by atoms with Gasteiger partial charge in [0.15, 0.2) is 0 Å². The molecule has 0 aromatic carbocycles. The van der Waals surface area contributed by atoms with E-state index in [0.717, 1.165) is 56.5 Å². The van der Waals surface area contributed by atoms with E-state index in [9.17, 15) is 9.59 Å². The molecular formula is C30H46N2O2S2. The van der Waals surface area contributed by atoms with Gasteiger partial charge >= 0.3 is 0 Å². The molecule has 0 aromatic heterocycles. The van der Waals surface area contributed by atoms with E-state index in [1.165, 1.54) is 6.08 Å². The van der Waals surface area contributed by atoms with Gasteiger partial charge in [-0.3, -0.25) is 9.59 Å². The normalized spacial score (nSPS) is 12.6. The lowest BCUT2D eigenvalue weighted by molar-refractivity contribution is -0.121. The summed E-state index contributed by atoms with van der Waals surface area (Å²) in [5.41, 5.74) is 0. The van der Waals surface area contributed by atoms with Crippen LogP contribution in [-0.2, 0) is 9.59 Å². The number of hydrogen-bond donors (Lipinski definition) is 2. The van der Waals surface area contributed by atoms with Crippen LogP contribution in [0.1, 0.15) is 65.2 Å². The molecule has 0 heterocycles. The average Bonchev–Trinajstić information content (AvgIpc) is 2.87.